The molecule has 1 nitrogen and oxygen atoms in total. The normalized spacial score (nSPS) is 10.7. The van der Waals surface area contributed by atoms with Gasteiger partial charge in [-0.2, -0.15) is 0 Å². The number of aryl methyl sites for hydroxylation is 4. The lowest BCUT2D eigenvalue weighted by atomic mass is 9.93. The molecular weight excluding hydrogens is 232 g/mol. The van der Waals surface area contributed by atoms with Gasteiger partial charge in [-0.15, -0.1) is 0 Å². The van der Waals surface area contributed by atoms with E-state index in [1.165, 1.54) is 27.8 Å². The van der Waals surface area contributed by atoms with Crippen molar-refractivity contribution in [1.82, 2.24) is 0 Å². The third-order valence-corrected chi connectivity index (χ3v) is 3.81. The summed E-state index contributed by atoms with van der Waals surface area (Å²) in [6.07, 6.45) is 2.02. The Morgan fingerprint density at radius 3 is 1.95 bits per heavy atom. The van der Waals surface area contributed by atoms with Gasteiger partial charge in [-0.3, -0.25) is 0 Å². The fraction of sp³-hybridized carbons (Fsp3) is 0.333. The zero-order chi connectivity index (χ0) is 14.0. The first-order valence-electron chi connectivity index (χ1n) is 6.88. The molecule has 1 N–H and O–H groups in total. The smallest absolute Gasteiger partial charge is 0.118 e. The molecule has 0 radical (unpaired) electrons. The molecule has 0 aliphatic carbocycles. The SMILES string of the molecule is CCc1cc(C)c(Cc2ccc(O)c(C)c2)c(C)c1. The monoisotopic (exact) mass is 254 g/mol. The van der Waals surface area contributed by atoms with Crippen LogP contribution in [0.4, 0.5) is 0 Å². The van der Waals surface area contributed by atoms with Crippen LogP contribution in [0.3, 0.4) is 0 Å². The molecule has 1 heteroatoms. The molecule has 0 saturated carbocycles. The Labute approximate surface area is 115 Å². The Kier molecular flexibility index (Phi) is 3.94. The lowest BCUT2D eigenvalue weighted by molar-refractivity contribution is 0.471. The van der Waals surface area contributed by atoms with E-state index >= 15 is 0 Å². The highest BCUT2D eigenvalue weighted by Crippen LogP contribution is 2.23. The zero-order valence-electron chi connectivity index (χ0n) is 12.2. The van der Waals surface area contributed by atoms with Crippen molar-refractivity contribution >= 4 is 0 Å². The van der Waals surface area contributed by atoms with E-state index in [9.17, 15) is 5.11 Å². The molecule has 0 heterocycles. The third-order valence-electron chi connectivity index (χ3n) is 3.81. The largest absolute Gasteiger partial charge is 0.508 e. The predicted molar refractivity (Wildman–Crippen MR) is 80.9 cm³/mol. The summed E-state index contributed by atoms with van der Waals surface area (Å²) in [5, 5.41) is 9.59. The molecule has 0 amide bonds. The minimum atomic E-state index is 0.374. The molecule has 0 saturated heterocycles. The minimum Gasteiger partial charge on any atom is -0.508 e. The molecule has 0 atom stereocenters. The number of aromatic hydroxyl groups is 1. The summed E-state index contributed by atoms with van der Waals surface area (Å²) < 4.78 is 0. The van der Waals surface area contributed by atoms with E-state index in [0.717, 1.165) is 18.4 Å². The fourth-order valence-electron chi connectivity index (χ4n) is 2.60. The van der Waals surface area contributed by atoms with E-state index in [1.54, 1.807) is 6.07 Å². The first-order valence-corrected chi connectivity index (χ1v) is 6.88. The maximum Gasteiger partial charge on any atom is 0.118 e. The van der Waals surface area contributed by atoms with Gasteiger partial charge in [-0.05, 0) is 73.1 Å². The second-order valence-electron chi connectivity index (χ2n) is 5.36. The Bertz CT molecular complexity index is 574. The first-order chi connectivity index (χ1) is 9.01. The molecule has 2 aromatic carbocycles. The standard InChI is InChI=1S/C18H22O/c1-5-15-8-12(2)17(13(3)9-15)11-16-6-7-18(19)14(4)10-16/h6-10,19H,5,11H2,1-4H3. The van der Waals surface area contributed by atoms with Crippen molar-refractivity contribution in [3.8, 4) is 5.75 Å². The average molecular weight is 254 g/mol. The lowest BCUT2D eigenvalue weighted by Gasteiger charge is -2.13. The average Bonchev–Trinajstić information content (AvgIpc) is 2.37. The van der Waals surface area contributed by atoms with Crippen LogP contribution in [-0.2, 0) is 12.8 Å². The van der Waals surface area contributed by atoms with Crippen LogP contribution >= 0.6 is 0 Å². The van der Waals surface area contributed by atoms with Gasteiger partial charge < -0.3 is 5.11 Å². The summed E-state index contributed by atoms with van der Waals surface area (Å²) in [5.41, 5.74) is 7.73. The summed E-state index contributed by atoms with van der Waals surface area (Å²) in [4.78, 5) is 0. The van der Waals surface area contributed by atoms with E-state index in [1.807, 2.05) is 13.0 Å². The molecule has 0 fully saturated rings. The van der Waals surface area contributed by atoms with Gasteiger partial charge in [0.1, 0.15) is 5.75 Å². The molecule has 2 aromatic rings. The lowest BCUT2D eigenvalue weighted by Crippen LogP contribution is -1.98. The molecule has 0 unspecified atom stereocenters. The Hall–Kier alpha value is -1.76. The number of benzene rings is 2. The van der Waals surface area contributed by atoms with Gasteiger partial charge in [0.15, 0.2) is 0 Å². The Morgan fingerprint density at radius 1 is 0.842 bits per heavy atom. The molecular formula is C18H22O. The van der Waals surface area contributed by atoms with Crippen LogP contribution in [0, 0.1) is 20.8 Å². The molecule has 19 heavy (non-hydrogen) atoms. The van der Waals surface area contributed by atoms with E-state index < -0.39 is 0 Å². The topological polar surface area (TPSA) is 20.2 Å². The molecule has 0 aliphatic rings. The first kappa shape index (κ1) is 13.7. The predicted octanol–water partition coefficient (Wildman–Crippen LogP) is 4.47. The van der Waals surface area contributed by atoms with E-state index in [2.05, 4.69) is 39.0 Å². The summed E-state index contributed by atoms with van der Waals surface area (Å²) in [6, 6.07) is 10.4. The highest BCUT2D eigenvalue weighted by atomic mass is 16.3. The van der Waals surface area contributed by atoms with Crippen molar-refractivity contribution in [2.24, 2.45) is 0 Å². The maximum absolute atomic E-state index is 9.59. The van der Waals surface area contributed by atoms with Gasteiger partial charge >= 0.3 is 0 Å². The molecule has 0 bridgehead atoms. The molecule has 100 valence electrons. The second kappa shape index (κ2) is 5.48. The Balaban J connectivity index is 2.35. The molecule has 2 rings (SSSR count). The number of phenols is 1. The van der Waals surface area contributed by atoms with Crippen LogP contribution in [-0.4, -0.2) is 5.11 Å². The molecule has 0 aliphatic heterocycles. The van der Waals surface area contributed by atoms with Gasteiger partial charge in [0, 0.05) is 0 Å². The summed E-state index contributed by atoms with van der Waals surface area (Å²) >= 11 is 0. The number of hydrogen-bond donors (Lipinski definition) is 1. The van der Waals surface area contributed by atoms with Crippen LogP contribution in [0.2, 0.25) is 0 Å². The van der Waals surface area contributed by atoms with Crippen molar-refractivity contribution < 1.29 is 5.11 Å². The van der Waals surface area contributed by atoms with Crippen molar-refractivity contribution in [3.05, 3.63) is 63.7 Å². The number of phenolic OH excluding ortho intramolecular Hbond substituents is 1. The number of rotatable bonds is 3. The Morgan fingerprint density at radius 2 is 1.42 bits per heavy atom. The van der Waals surface area contributed by atoms with Crippen molar-refractivity contribution in [2.45, 2.75) is 40.5 Å². The quantitative estimate of drug-likeness (QED) is 0.856. The summed E-state index contributed by atoms with van der Waals surface area (Å²) in [5.74, 6) is 0.374. The van der Waals surface area contributed by atoms with Crippen LogP contribution in [0.15, 0.2) is 30.3 Å². The highest BCUT2D eigenvalue weighted by molar-refractivity contribution is 5.43. The van der Waals surface area contributed by atoms with E-state index in [4.69, 9.17) is 0 Å². The summed E-state index contributed by atoms with van der Waals surface area (Å²) in [6.45, 7) is 8.51. The number of hydrogen-bond acceptors (Lipinski definition) is 1. The third kappa shape index (κ3) is 2.98. The van der Waals surface area contributed by atoms with E-state index in [-0.39, 0.29) is 0 Å². The van der Waals surface area contributed by atoms with Crippen LogP contribution in [0.5, 0.6) is 5.75 Å². The maximum atomic E-state index is 9.59. The van der Waals surface area contributed by atoms with Crippen molar-refractivity contribution in [1.29, 1.82) is 0 Å². The van der Waals surface area contributed by atoms with Crippen LogP contribution in [0.1, 0.15) is 40.3 Å². The van der Waals surface area contributed by atoms with Gasteiger partial charge in [0.2, 0.25) is 0 Å². The zero-order valence-corrected chi connectivity index (χ0v) is 12.2. The van der Waals surface area contributed by atoms with Crippen LogP contribution in [0.25, 0.3) is 0 Å². The molecule has 0 aromatic heterocycles. The fourth-order valence-corrected chi connectivity index (χ4v) is 2.60. The minimum absolute atomic E-state index is 0.374. The van der Waals surface area contributed by atoms with E-state index in [0.29, 0.717) is 5.75 Å². The van der Waals surface area contributed by atoms with Crippen molar-refractivity contribution in [3.63, 3.8) is 0 Å². The highest BCUT2D eigenvalue weighted by Gasteiger charge is 2.07. The van der Waals surface area contributed by atoms with Gasteiger partial charge in [-0.25, -0.2) is 0 Å². The van der Waals surface area contributed by atoms with Crippen LogP contribution < -0.4 is 0 Å². The van der Waals surface area contributed by atoms with Gasteiger partial charge in [-0.1, -0.05) is 31.2 Å². The summed E-state index contributed by atoms with van der Waals surface area (Å²) in [7, 11) is 0. The van der Waals surface area contributed by atoms with Crippen molar-refractivity contribution in [2.75, 3.05) is 0 Å². The van der Waals surface area contributed by atoms with Gasteiger partial charge in [0.25, 0.3) is 0 Å². The van der Waals surface area contributed by atoms with Gasteiger partial charge in [0.05, 0.1) is 0 Å². The second-order valence-corrected chi connectivity index (χ2v) is 5.36. The molecule has 0 spiro atoms.